The molecule has 0 spiro atoms. The molecule has 0 fully saturated rings. The minimum absolute atomic E-state index is 0.405. The standard InChI is InChI=1S/C15H18N2/c1-12(16-2)15-7-5-13(6-8-15)10-14-4-3-9-17-11-14/h3-9,11-12,16H,10H2,1-2H3. The van der Waals surface area contributed by atoms with Gasteiger partial charge in [-0.2, -0.15) is 0 Å². The van der Waals surface area contributed by atoms with Crippen molar-refractivity contribution >= 4 is 0 Å². The van der Waals surface area contributed by atoms with Crippen LogP contribution in [-0.4, -0.2) is 12.0 Å². The van der Waals surface area contributed by atoms with Gasteiger partial charge in [0, 0.05) is 18.4 Å². The van der Waals surface area contributed by atoms with E-state index in [2.05, 4.69) is 47.6 Å². The number of nitrogens with zero attached hydrogens (tertiary/aromatic N) is 1. The minimum atomic E-state index is 0.405. The average molecular weight is 226 g/mol. The Labute approximate surface area is 103 Å². The largest absolute Gasteiger partial charge is 0.313 e. The van der Waals surface area contributed by atoms with E-state index in [-0.39, 0.29) is 0 Å². The number of hydrogen-bond donors (Lipinski definition) is 1. The fourth-order valence-corrected chi connectivity index (χ4v) is 1.83. The summed E-state index contributed by atoms with van der Waals surface area (Å²) in [5, 5.41) is 3.24. The summed E-state index contributed by atoms with van der Waals surface area (Å²) in [4.78, 5) is 4.13. The van der Waals surface area contributed by atoms with Crippen molar-refractivity contribution in [3.63, 3.8) is 0 Å². The van der Waals surface area contributed by atoms with E-state index in [1.54, 1.807) is 6.20 Å². The highest BCUT2D eigenvalue weighted by Gasteiger charge is 2.02. The zero-order valence-corrected chi connectivity index (χ0v) is 10.4. The summed E-state index contributed by atoms with van der Waals surface area (Å²) in [6, 6.07) is 13.2. The number of hydrogen-bond acceptors (Lipinski definition) is 2. The quantitative estimate of drug-likeness (QED) is 0.867. The Balaban J connectivity index is 2.08. The minimum Gasteiger partial charge on any atom is -0.313 e. The molecule has 0 aliphatic rings. The van der Waals surface area contributed by atoms with Crippen LogP contribution in [0.2, 0.25) is 0 Å². The number of nitrogens with one attached hydrogen (secondary N) is 1. The fourth-order valence-electron chi connectivity index (χ4n) is 1.83. The van der Waals surface area contributed by atoms with Gasteiger partial charge in [-0.05, 0) is 43.1 Å². The highest BCUT2D eigenvalue weighted by molar-refractivity contribution is 5.28. The maximum Gasteiger partial charge on any atom is 0.0303 e. The maximum atomic E-state index is 4.13. The molecule has 2 heteroatoms. The van der Waals surface area contributed by atoms with Crippen molar-refractivity contribution in [2.24, 2.45) is 0 Å². The third kappa shape index (κ3) is 3.14. The molecule has 1 N–H and O–H groups in total. The molecule has 1 unspecified atom stereocenters. The van der Waals surface area contributed by atoms with Crippen LogP contribution in [0.25, 0.3) is 0 Å². The molecule has 1 aromatic heterocycles. The Bertz CT molecular complexity index is 448. The predicted octanol–water partition coefficient (Wildman–Crippen LogP) is 2.95. The highest BCUT2D eigenvalue weighted by Crippen LogP contribution is 2.14. The van der Waals surface area contributed by atoms with E-state index in [0.29, 0.717) is 6.04 Å². The van der Waals surface area contributed by atoms with E-state index in [4.69, 9.17) is 0 Å². The molecule has 0 amide bonds. The molecule has 1 heterocycles. The molecule has 0 aliphatic heterocycles. The number of rotatable bonds is 4. The molecular formula is C15H18N2. The molecule has 0 aliphatic carbocycles. The molecule has 1 atom stereocenters. The highest BCUT2D eigenvalue weighted by atomic mass is 14.8. The summed E-state index contributed by atoms with van der Waals surface area (Å²) in [7, 11) is 1.98. The van der Waals surface area contributed by atoms with E-state index < -0.39 is 0 Å². The third-order valence-electron chi connectivity index (χ3n) is 3.04. The Morgan fingerprint density at radius 2 is 1.88 bits per heavy atom. The van der Waals surface area contributed by atoms with Crippen LogP contribution in [0.5, 0.6) is 0 Å². The zero-order chi connectivity index (χ0) is 12.1. The van der Waals surface area contributed by atoms with Crippen LogP contribution in [0.3, 0.4) is 0 Å². The molecule has 2 nitrogen and oxygen atoms in total. The van der Waals surface area contributed by atoms with Crippen LogP contribution in [0.15, 0.2) is 48.8 Å². The van der Waals surface area contributed by atoms with Crippen molar-refractivity contribution in [2.45, 2.75) is 19.4 Å². The topological polar surface area (TPSA) is 24.9 Å². The molecule has 0 bridgehead atoms. The van der Waals surface area contributed by atoms with Gasteiger partial charge in [-0.3, -0.25) is 4.98 Å². The molecule has 17 heavy (non-hydrogen) atoms. The van der Waals surface area contributed by atoms with Crippen molar-refractivity contribution in [3.05, 3.63) is 65.5 Å². The first kappa shape index (κ1) is 11.8. The molecule has 0 saturated heterocycles. The monoisotopic (exact) mass is 226 g/mol. The van der Waals surface area contributed by atoms with Crippen LogP contribution in [0, 0.1) is 0 Å². The van der Waals surface area contributed by atoms with Gasteiger partial charge in [0.1, 0.15) is 0 Å². The van der Waals surface area contributed by atoms with Gasteiger partial charge in [-0.1, -0.05) is 30.3 Å². The first-order valence-corrected chi connectivity index (χ1v) is 5.94. The first-order valence-electron chi connectivity index (χ1n) is 5.94. The summed E-state index contributed by atoms with van der Waals surface area (Å²) in [6.45, 7) is 2.16. The molecule has 1 aromatic carbocycles. The molecule has 0 radical (unpaired) electrons. The van der Waals surface area contributed by atoms with Crippen LogP contribution in [-0.2, 0) is 6.42 Å². The van der Waals surface area contributed by atoms with Crippen molar-refractivity contribution in [3.8, 4) is 0 Å². The van der Waals surface area contributed by atoms with Crippen LogP contribution < -0.4 is 5.32 Å². The SMILES string of the molecule is CNC(C)c1ccc(Cc2cccnc2)cc1. The maximum absolute atomic E-state index is 4.13. The van der Waals surface area contributed by atoms with Gasteiger partial charge < -0.3 is 5.32 Å². The molecule has 88 valence electrons. The summed E-state index contributed by atoms with van der Waals surface area (Å²) >= 11 is 0. The van der Waals surface area contributed by atoms with Crippen LogP contribution >= 0.6 is 0 Å². The van der Waals surface area contributed by atoms with Crippen molar-refractivity contribution in [1.29, 1.82) is 0 Å². The second kappa shape index (κ2) is 5.60. The second-order valence-corrected chi connectivity index (χ2v) is 4.29. The van der Waals surface area contributed by atoms with Gasteiger partial charge in [0.15, 0.2) is 0 Å². The Hall–Kier alpha value is -1.67. The summed E-state index contributed by atoms with van der Waals surface area (Å²) < 4.78 is 0. The fraction of sp³-hybridized carbons (Fsp3) is 0.267. The molecule has 2 rings (SSSR count). The molecule has 0 saturated carbocycles. The van der Waals surface area contributed by atoms with Crippen LogP contribution in [0.4, 0.5) is 0 Å². The lowest BCUT2D eigenvalue weighted by Crippen LogP contribution is -2.12. The number of benzene rings is 1. The lowest BCUT2D eigenvalue weighted by Gasteiger charge is -2.11. The molecular weight excluding hydrogens is 208 g/mol. The summed E-state index contributed by atoms with van der Waals surface area (Å²) in [5.41, 5.74) is 3.90. The number of aromatic nitrogens is 1. The van der Waals surface area contributed by atoms with E-state index in [9.17, 15) is 0 Å². The van der Waals surface area contributed by atoms with Gasteiger partial charge in [0.05, 0.1) is 0 Å². The van der Waals surface area contributed by atoms with E-state index >= 15 is 0 Å². The third-order valence-corrected chi connectivity index (χ3v) is 3.04. The smallest absolute Gasteiger partial charge is 0.0303 e. The van der Waals surface area contributed by atoms with Gasteiger partial charge >= 0.3 is 0 Å². The summed E-state index contributed by atoms with van der Waals surface area (Å²) in [5.74, 6) is 0. The van der Waals surface area contributed by atoms with Gasteiger partial charge in [0.2, 0.25) is 0 Å². The lowest BCUT2D eigenvalue weighted by molar-refractivity contribution is 0.652. The van der Waals surface area contributed by atoms with Crippen molar-refractivity contribution in [1.82, 2.24) is 10.3 Å². The van der Waals surface area contributed by atoms with Crippen LogP contribution in [0.1, 0.15) is 29.7 Å². The lowest BCUT2D eigenvalue weighted by atomic mass is 10.0. The normalized spacial score (nSPS) is 12.4. The Morgan fingerprint density at radius 1 is 1.12 bits per heavy atom. The Kier molecular flexibility index (Phi) is 3.89. The van der Waals surface area contributed by atoms with Crippen molar-refractivity contribution < 1.29 is 0 Å². The van der Waals surface area contributed by atoms with E-state index in [1.165, 1.54) is 16.7 Å². The van der Waals surface area contributed by atoms with E-state index in [1.807, 2.05) is 19.3 Å². The van der Waals surface area contributed by atoms with Gasteiger partial charge in [-0.15, -0.1) is 0 Å². The molecule has 2 aromatic rings. The second-order valence-electron chi connectivity index (χ2n) is 4.29. The number of pyridine rings is 1. The van der Waals surface area contributed by atoms with Gasteiger partial charge in [-0.25, -0.2) is 0 Å². The Morgan fingerprint density at radius 3 is 2.47 bits per heavy atom. The van der Waals surface area contributed by atoms with Crippen molar-refractivity contribution in [2.75, 3.05) is 7.05 Å². The average Bonchev–Trinajstić information content (AvgIpc) is 2.40. The first-order chi connectivity index (χ1) is 8.29. The summed E-state index contributed by atoms with van der Waals surface area (Å²) in [6.07, 6.45) is 4.67. The van der Waals surface area contributed by atoms with Gasteiger partial charge in [0.25, 0.3) is 0 Å². The zero-order valence-electron chi connectivity index (χ0n) is 10.4. The van der Waals surface area contributed by atoms with E-state index in [0.717, 1.165) is 6.42 Å². The predicted molar refractivity (Wildman–Crippen MR) is 71.0 cm³/mol.